The summed E-state index contributed by atoms with van der Waals surface area (Å²) in [6, 6.07) is 4.93. The molecule has 0 aliphatic carbocycles. The Morgan fingerprint density at radius 1 is 1.38 bits per heavy atom. The molecule has 0 fully saturated rings. The van der Waals surface area contributed by atoms with Crippen molar-refractivity contribution in [2.75, 3.05) is 13.7 Å². The van der Waals surface area contributed by atoms with E-state index in [4.69, 9.17) is 14.9 Å². The molecule has 86 valence electrons. The maximum Gasteiger partial charge on any atom is 0.172 e. The lowest BCUT2D eigenvalue weighted by Crippen LogP contribution is -2.02. The number of ether oxygens (including phenoxy) is 2. The largest absolute Gasteiger partial charge is 0.493 e. The second-order valence-electron chi connectivity index (χ2n) is 2.47. The molecule has 0 saturated carbocycles. The van der Waals surface area contributed by atoms with Crippen LogP contribution in [0.2, 0.25) is 0 Å². The predicted octanol–water partition coefficient (Wildman–Crippen LogP) is 1.35. The van der Waals surface area contributed by atoms with Gasteiger partial charge in [0, 0.05) is 0 Å². The Morgan fingerprint density at radius 2 is 2.06 bits per heavy atom. The second-order valence-corrected chi connectivity index (χ2v) is 2.47. The van der Waals surface area contributed by atoms with Crippen LogP contribution < -0.4 is 9.47 Å². The average molecular weight is 223 g/mol. The number of methoxy groups -OCH3 is 1. The van der Waals surface area contributed by atoms with Crippen molar-refractivity contribution in [1.29, 1.82) is 5.41 Å². The first kappa shape index (κ1) is 13.8. The van der Waals surface area contributed by atoms with Crippen molar-refractivity contribution in [3.8, 4) is 11.5 Å². The van der Waals surface area contributed by atoms with Gasteiger partial charge in [-0.2, -0.15) is 0 Å². The molecule has 1 aromatic carbocycles. The molecule has 0 aliphatic rings. The molecule has 0 aliphatic heterocycles. The fourth-order valence-electron chi connectivity index (χ4n) is 1.06. The summed E-state index contributed by atoms with van der Waals surface area (Å²) in [5.74, 6) is 0.744. The Bertz CT molecular complexity index is 352. The fourth-order valence-corrected chi connectivity index (χ4v) is 1.06. The zero-order valence-corrected chi connectivity index (χ0v) is 8.93. The minimum atomic E-state index is -0.0960. The van der Waals surface area contributed by atoms with E-state index in [-0.39, 0.29) is 6.61 Å². The Balaban J connectivity index is 0.00000106. The number of carbonyl (C=O) groups is 2. The zero-order valence-electron chi connectivity index (χ0n) is 8.93. The number of benzene rings is 1. The van der Waals surface area contributed by atoms with Crippen LogP contribution in [0.5, 0.6) is 11.5 Å². The molecule has 1 rings (SSSR count). The van der Waals surface area contributed by atoms with E-state index in [0.717, 1.165) is 0 Å². The second kappa shape index (κ2) is 8.16. The summed E-state index contributed by atoms with van der Waals surface area (Å²) in [6.45, 7) is 2.40. The summed E-state index contributed by atoms with van der Waals surface area (Å²) in [5.41, 5.74) is 0.367. The molecule has 0 spiro atoms. The van der Waals surface area contributed by atoms with E-state index in [1.807, 2.05) is 0 Å². The number of hydrogen-bond acceptors (Lipinski definition) is 5. The van der Waals surface area contributed by atoms with Gasteiger partial charge in [0.1, 0.15) is 6.61 Å². The number of aldehydes is 2. The van der Waals surface area contributed by atoms with Crippen molar-refractivity contribution in [1.82, 2.24) is 0 Å². The van der Waals surface area contributed by atoms with E-state index in [9.17, 15) is 9.59 Å². The Kier molecular flexibility index (Phi) is 7.06. The number of hydrogen-bond donors (Lipinski definition) is 1. The lowest BCUT2D eigenvalue weighted by molar-refractivity contribution is -0.109. The van der Waals surface area contributed by atoms with Crippen molar-refractivity contribution >= 4 is 19.3 Å². The molecule has 0 saturated heterocycles. The number of carbonyl (C=O) groups excluding carboxylic acids is 2. The first-order valence-corrected chi connectivity index (χ1v) is 4.37. The number of nitrogens with one attached hydrogen (secondary N) is 1. The third-order valence-corrected chi connectivity index (χ3v) is 1.65. The van der Waals surface area contributed by atoms with Crippen LogP contribution in [0, 0.1) is 5.41 Å². The smallest absolute Gasteiger partial charge is 0.172 e. The molecule has 0 aromatic heterocycles. The third-order valence-electron chi connectivity index (χ3n) is 1.65. The van der Waals surface area contributed by atoms with Gasteiger partial charge in [-0.15, -0.1) is 0 Å². The molecule has 0 radical (unpaired) electrons. The summed E-state index contributed by atoms with van der Waals surface area (Å²) in [6.07, 6.45) is 1.27. The van der Waals surface area contributed by atoms with E-state index in [0.29, 0.717) is 29.6 Å². The highest BCUT2D eigenvalue weighted by Crippen LogP contribution is 2.29. The highest BCUT2D eigenvalue weighted by Gasteiger charge is 2.08. The van der Waals surface area contributed by atoms with Crippen molar-refractivity contribution in [2.45, 2.75) is 0 Å². The van der Waals surface area contributed by atoms with Crippen LogP contribution in [-0.4, -0.2) is 33.0 Å². The quantitative estimate of drug-likeness (QED) is 0.603. The zero-order chi connectivity index (χ0) is 12.4. The Hall–Kier alpha value is -2.17. The summed E-state index contributed by atoms with van der Waals surface area (Å²) in [7, 11) is 1.47. The van der Waals surface area contributed by atoms with E-state index >= 15 is 0 Å². The van der Waals surface area contributed by atoms with Crippen LogP contribution in [0.15, 0.2) is 18.2 Å². The van der Waals surface area contributed by atoms with Crippen molar-refractivity contribution in [3.63, 3.8) is 0 Å². The predicted molar refractivity (Wildman–Crippen MR) is 59.8 cm³/mol. The van der Waals surface area contributed by atoms with Gasteiger partial charge >= 0.3 is 0 Å². The van der Waals surface area contributed by atoms with Gasteiger partial charge in [0.25, 0.3) is 0 Å². The van der Waals surface area contributed by atoms with Gasteiger partial charge < -0.3 is 14.9 Å². The Morgan fingerprint density at radius 3 is 2.56 bits per heavy atom. The van der Waals surface area contributed by atoms with Crippen LogP contribution >= 0.6 is 0 Å². The lowest BCUT2D eigenvalue weighted by atomic mass is 10.2. The summed E-state index contributed by atoms with van der Waals surface area (Å²) in [5, 5.41) is 5.50. The van der Waals surface area contributed by atoms with E-state index in [1.54, 1.807) is 18.2 Å². The van der Waals surface area contributed by atoms with Gasteiger partial charge in [-0.1, -0.05) is 6.07 Å². The molecule has 0 atom stereocenters. The van der Waals surface area contributed by atoms with E-state index in [2.05, 4.69) is 6.72 Å². The molecule has 16 heavy (non-hydrogen) atoms. The number of rotatable bonds is 5. The molecule has 5 nitrogen and oxygen atoms in total. The standard InChI is InChI=1S/C10H10O4.CH3N/c1-13-9-4-2-3-8(7-12)10(9)14-6-5-11;1-2/h2-5,7H,6H2,1H3;2H,1H2. The van der Waals surface area contributed by atoms with Crippen LogP contribution in [0.3, 0.4) is 0 Å². The Labute approximate surface area is 93.5 Å². The van der Waals surface area contributed by atoms with Gasteiger partial charge in [-0.05, 0) is 18.9 Å². The van der Waals surface area contributed by atoms with Crippen molar-refractivity contribution < 1.29 is 19.1 Å². The summed E-state index contributed by atoms with van der Waals surface area (Å²) < 4.78 is 10.1. The maximum absolute atomic E-state index is 10.6. The molecule has 5 heteroatoms. The van der Waals surface area contributed by atoms with Crippen LogP contribution in [0.1, 0.15) is 10.4 Å². The average Bonchev–Trinajstić information content (AvgIpc) is 2.38. The molecule has 0 amide bonds. The molecular formula is C11H13NO4. The molecule has 0 heterocycles. The third kappa shape index (κ3) is 3.53. The molecule has 0 bridgehead atoms. The first-order chi connectivity index (χ1) is 7.83. The van der Waals surface area contributed by atoms with Gasteiger partial charge in [-0.3, -0.25) is 9.59 Å². The van der Waals surface area contributed by atoms with Crippen LogP contribution in [-0.2, 0) is 4.79 Å². The van der Waals surface area contributed by atoms with Crippen molar-refractivity contribution in [2.24, 2.45) is 0 Å². The molecule has 1 N–H and O–H groups in total. The fraction of sp³-hybridized carbons (Fsp3) is 0.182. The summed E-state index contributed by atoms with van der Waals surface area (Å²) >= 11 is 0. The topological polar surface area (TPSA) is 76.4 Å². The van der Waals surface area contributed by atoms with Gasteiger partial charge in [0.05, 0.1) is 12.7 Å². The highest BCUT2D eigenvalue weighted by molar-refractivity contribution is 5.81. The lowest BCUT2D eigenvalue weighted by Gasteiger charge is -2.09. The minimum Gasteiger partial charge on any atom is -0.493 e. The molecule has 0 unspecified atom stereocenters. The highest BCUT2D eigenvalue weighted by atomic mass is 16.5. The van der Waals surface area contributed by atoms with Gasteiger partial charge in [-0.25, -0.2) is 0 Å². The SMILES string of the molecule is C=N.COc1cccc(C=O)c1OCC=O. The van der Waals surface area contributed by atoms with Crippen LogP contribution in [0.25, 0.3) is 0 Å². The molecule has 1 aromatic rings. The normalized spacial score (nSPS) is 8.31. The minimum absolute atomic E-state index is 0.0960. The van der Waals surface area contributed by atoms with Gasteiger partial charge in [0.2, 0.25) is 0 Å². The van der Waals surface area contributed by atoms with Crippen molar-refractivity contribution in [3.05, 3.63) is 23.8 Å². The monoisotopic (exact) mass is 223 g/mol. The summed E-state index contributed by atoms with van der Waals surface area (Å²) in [4.78, 5) is 20.8. The van der Waals surface area contributed by atoms with E-state index < -0.39 is 0 Å². The first-order valence-electron chi connectivity index (χ1n) is 4.37. The molecular weight excluding hydrogens is 210 g/mol. The number of para-hydroxylation sites is 1. The van der Waals surface area contributed by atoms with Gasteiger partial charge in [0.15, 0.2) is 24.1 Å². The van der Waals surface area contributed by atoms with E-state index in [1.165, 1.54) is 7.11 Å². The van der Waals surface area contributed by atoms with Crippen LogP contribution in [0.4, 0.5) is 0 Å². The maximum atomic E-state index is 10.6.